The highest BCUT2D eigenvalue weighted by atomic mass is 16.2. The van der Waals surface area contributed by atoms with Gasteiger partial charge >= 0.3 is 0 Å². The summed E-state index contributed by atoms with van der Waals surface area (Å²) in [6, 6.07) is 7.60. The summed E-state index contributed by atoms with van der Waals surface area (Å²) in [5.74, 6) is 0.228. The van der Waals surface area contributed by atoms with Crippen molar-refractivity contribution in [1.82, 2.24) is 5.43 Å². The van der Waals surface area contributed by atoms with Crippen LogP contribution in [0.2, 0.25) is 0 Å². The van der Waals surface area contributed by atoms with E-state index in [9.17, 15) is 9.59 Å². The first-order valence-corrected chi connectivity index (χ1v) is 9.84. The molecule has 1 aliphatic carbocycles. The van der Waals surface area contributed by atoms with Gasteiger partial charge in [-0.05, 0) is 43.9 Å². The monoisotopic (exact) mass is 357 g/mol. The van der Waals surface area contributed by atoms with Crippen LogP contribution in [0.25, 0.3) is 0 Å². The third-order valence-electron chi connectivity index (χ3n) is 4.90. The maximum absolute atomic E-state index is 12.3. The van der Waals surface area contributed by atoms with E-state index in [2.05, 4.69) is 22.8 Å². The lowest BCUT2D eigenvalue weighted by Crippen LogP contribution is -2.24. The maximum atomic E-state index is 12.3. The van der Waals surface area contributed by atoms with Gasteiger partial charge in [-0.1, -0.05) is 51.2 Å². The lowest BCUT2D eigenvalue weighted by Gasteiger charge is -2.20. The van der Waals surface area contributed by atoms with Gasteiger partial charge in [0.2, 0.25) is 11.8 Å². The van der Waals surface area contributed by atoms with Gasteiger partial charge in [0.1, 0.15) is 0 Å². The zero-order valence-electron chi connectivity index (χ0n) is 16.0. The number of hydrogen-bond donors (Lipinski definition) is 2. The van der Waals surface area contributed by atoms with Gasteiger partial charge in [0.15, 0.2) is 0 Å². The van der Waals surface area contributed by atoms with Crippen LogP contribution in [0.5, 0.6) is 0 Å². The summed E-state index contributed by atoms with van der Waals surface area (Å²) in [7, 11) is 0. The molecule has 0 spiro atoms. The molecule has 2 rings (SSSR count). The number of nitrogens with zero attached hydrogens (tertiary/aromatic N) is 1. The van der Waals surface area contributed by atoms with Gasteiger partial charge in [-0.2, -0.15) is 5.10 Å². The van der Waals surface area contributed by atoms with Gasteiger partial charge in [-0.25, -0.2) is 5.43 Å². The quantitative estimate of drug-likeness (QED) is 0.405. The summed E-state index contributed by atoms with van der Waals surface area (Å²) in [4.78, 5) is 24.0. The molecule has 1 aliphatic rings. The van der Waals surface area contributed by atoms with Crippen molar-refractivity contribution in [2.75, 3.05) is 5.32 Å². The number of hydrazone groups is 1. The van der Waals surface area contributed by atoms with Crippen LogP contribution in [0, 0.1) is 5.92 Å². The number of unbranched alkanes of at least 4 members (excludes halogenated alkanes) is 2. The molecule has 0 heterocycles. The highest BCUT2D eigenvalue weighted by molar-refractivity contribution is 6.00. The molecule has 2 N–H and O–H groups in total. The highest BCUT2D eigenvalue weighted by Gasteiger charge is 2.20. The maximum Gasteiger partial charge on any atom is 0.240 e. The van der Waals surface area contributed by atoms with Crippen LogP contribution >= 0.6 is 0 Å². The first-order valence-electron chi connectivity index (χ1n) is 9.84. The molecule has 142 valence electrons. The molecule has 2 amide bonds. The Bertz CT molecular complexity index is 617. The normalized spacial score (nSPS) is 15.5. The summed E-state index contributed by atoms with van der Waals surface area (Å²) in [6.07, 6.45) is 9.09. The van der Waals surface area contributed by atoms with Crippen molar-refractivity contribution >= 4 is 23.2 Å². The molecule has 1 aromatic carbocycles. The number of amides is 2. The SMILES string of the molecule is CCCCCC(=O)N/N=C(/C)c1ccc(NC(=O)C2CCCCC2)cc1. The van der Waals surface area contributed by atoms with Crippen LogP contribution in [0.3, 0.4) is 0 Å². The predicted octanol–water partition coefficient (Wildman–Crippen LogP) is 4.63. The van der Waals surface area contributed by atoms with E-state index in [4.69, 9.17) is 0 Å². The van der Waals surface area contributed by atoms with Crippen LogP contribution in [0.15, 0.2) is 29.4 Å². The molecular weight excluding hydrogens is 326 g/mol. The predicted molar refractivity (Wildman–Crippen MR) is 106 cm³/mol. The van der Waals surface area contributed by atoms with E-state index in [1.807, 2.05) is 31.2 Å². The lowest BCUT2D eigenvalue weighted by atomic mass is 9.88. The van der Waals surface area contributed by atoms with E-state index in [-0.39, 0.29) is 17.7 Å². The topological polar surface area (TPSA) is 70.6 Å². The van der Waals surface area contributed by atoms with E-state index >= 15 is 0 Å². The number of carbonyl (C=O) groups excluding carboxylic acids is 2. The first kappa shape index (κ1) is 20.1. The Balaban J connectivity index is 1.84. The second-order valence-corrected chi connectivity index (χ2v) is 7.09. The van der Waals surface area contributed by atoms with Gasteiger partial charge in [0.25, 0.3) is 0 Å². The summed E-state index contributed by atoms with van der Waals surface area (Å²) in [6.45, 7) is 3.98. The Morgan fingerprint density at radius 3 is 2.42 bits per heavy atom. The first-order chi connectivity index (χ1) is 12.6. The Labute approximate surface area is 156 Å². The second-order valence-electron chi connectivity index (χ2n) is 7.09. The minimum atomic E-state index is -0.0471. The fraction of sp³-hybridized carbons (Fsp3) is 0.571. The zero-order chi connectivity index (χ0) is 18.8. The molecule has 0 atom stereocenters. The highest BCUT2D eigenvalue weighted by Crippen LogP contribution is 2.25. The Hall–Kier alpha value is -2.17. The number of hydrogen-bond acceptors (Lipinski definition) is 3. The van der Waals surface area contributed by atoms with Crippen molar-refractivity contribution in [3.05, 3.63) is 29.8 Å². The minimum Gasteiger partial charge on any atom is -0.326 e. The molecule has 0 aromatic heterocycles. The van der Waals surface area contributed by atoms with Gasteiger partial charge in [0, 0.05) is 18.0 Å². The van der Waals surface area contributed by atoms with E-state index in [0.717, 1.165) is 61.9 Å². The molecule has 0 bridgehead atoms. The van der Waals surface area contributed by atoms with Crippen LogP contribution < -0.4 is 10.7 Å². The van der Waals surface area contributed by atoms with Crippen molar-refractivity contribution in [3.63, 3.8) is 0 Å². The lowest BCUT2D eigenvalue weighted by molar-refractivity contribution is -0.121. The van der Waals surface area contributed by atoms with Crippen molar-refractivity contribution < 1.29 is 9.59 Å². The van der Waals surface area contributed by atoms with Crippen molar-refractivity contribution in [2.45, 2.75) is 71.6 Å². The molecular formula is C21H31N3O2. The third-order valence-corrected chi connectivity index (χ3v) is 4.90. The third kappa shape index (κ3) is 6.62. The Kier molecular flexibility index (Phi) is 8.32. The van der Waals surface area contributed by atoms with E-state index in [1.54, 1.807) is 0 Å². The molecule has 5 nitrogen and oxygen atoms in total. The number of anilines is 1. The molecule has 1 aromatic rings. The molecule has 0 unspecified atom stereocenters. The van der Waals surface area contributed by atoms with Crippen LogP contribution in [-0.2, 0) is 9.59 Å². The van der Waals surface area contributed by atoms with E-state index < -0.39 is 0 Å². The minimum absolute atomic E-state index is 0.0471. The summed E-state index contributed by atoms with van der Waals surface area (Å²) in [5, 5.41) is 7.18. The van der Waals surface area contributed by atoms with Crippen LogP contribution in [0.1, 0.15) is 77.2 Å². The van der Waals surface area contributed by atoms with Crippen molar-refractivity contribution in [1.29, 1.82) is 0 Å². The van der Waals surface area contributed by atoms with Crippen LogP contribution in [0.4, 0.5) is 5.69 Å². The molecule has 1 saturated carbocycles. The van der Waals surface area contributed by atoms with Crippen molar-refractivity contribution in [3.8, 4) is 0 Å². The Morgan fingerprint density at radius 1 is 1.08 bits per heavy atom. The van der Waals surface area contributed by atoms with Gasteiger partial charge in [-0.15, -0.1) is 0 Å². The molecule has 5 heteroatoms. The van der Waals surface area contributed by atoms with E-state index in [1.165, 1.54) is 6.42 Å². The average Bonchev–Trinajstić information content (AvgIpc) is 2.67. The fourth-order valence-electron chi connectivity index (χ4n) is 3.21. The smallest absolute Gasteiger partial charge is 0.240 e. The van der Waals surface area contributed by atoms with E-state index in [0.29, 0.717) is 6.42 Å². The molecule has 0 saturated heterocycles. The molecule has 0 radical (unpaired) electrons. The van der Waals surface area contributed by atoms with Gasteiger partial charge in [0.05, 0.1) is 5.71 Å². The van der Waals surface area contributed by atoms with Gasteiger partial charge < -0.3 is 5.32 Å². The fourth-order valence-corrected chi connectivity index (χ4v) is 3.21. The van der Waals surface area contributed by atoms with Gasteiger partial charge in [-0.3, -0.25) is 9.59 Å². The zero-order valence-corrected chi connectivity index (χ0v) is 16.0. The summed E-state index contributed by atoms with van der Waals surface area (Å²) < 4.78 is 0. The molecule has 26 heavy (non-hydrogen) atoms. The van der Waals surface area contributed by atoms with Crippen LogP contribution in [-0.4, -0.2) is 17.5 Å². The summed E-state index contributed by atoms with van der Waals surface area (Å²) >= 11 is 0. The largest absolute Gasteiger partial charge is 0.326 e. The molecule has 0 aliphatic heterocycles. The number of rotatable bonds is 8. The molecule has 1 fully saturated rings. The number of carbonyl (C=O) groups is 2. The number of benzene rings is 1. The standard InChI is InChI=1S/C21H31N3O2/c1-3-4-6-11-20(25)24-23-16(2)17-12-14-19(15-13-17)22-21(26)18-9-7-5-8-10-18/h12-15,18H,3-11H2,1-2H3,(H,22,26)(H,24,25)/b23-16-. The average molecular weight is 357 g/mol. The Morgan fingerprint density at radius 2 is 1.77 bits per heavy atom. The second kappa shape index (κ2) is 10.7. The van der Waals surface area contributed by atoms with Crippen molar-refractivity contribution in [2.24, 2.45) is 11.0 Å². The summed E-state index contributed by atoms with van der Waals surface area (Å²) in [5.41, 5.74) is 5.09. The number of nitrogens with one attached hydrogen (secondary N) is 2.